The van der Waals surface area contributed by atoms with Crippen LogP contribution in [0.25, 0.3) is 10.9 Å². The Balaban J connectivity index is 1.73. The maximum Gasteiger partial charge on any atom is 0.252 e. The molecule has 0 radical (unpaired) electrons. The molecule has 2 amide bonds. The molecule has 2 aromatic rings. The minimum absolute atomic E-state index is 0.0339. The maximum absolute atomic E-state index is 12.4. The van der Waals surface area contributed by atoms with Gasteiger partial charge in [-0.15, -0.1) is 11.8 Å². The number of thioether (sulfide) groups is 1. The van der Waals surface area contributed by atoms with Crippen LogP contribution in [0, 0.1) is 11.3 Å². The van der Waals surface area contributed by atoms with Crippen LogP contribution in [0.2, 0.25) is 0 Å². The molecule has 1 atom stereocenters. The predicted octanol–water partition coefficient (Wildman–Crippen LogP) is 1.10. The number of nitrogens with one attached hydrogen (secondary N) is 1. The topological polar surface area (TPSA) is 106 Å². The molecule has 1 fully saturated rings. The van der Waals surface area contributed by atoms with E-state index in [2.05, 4.69) is 16.4 Å². The van der Waals surface area contributed by atoms with Crippen molar-refractivity contribution in [2.24, 2.45) is 0 Å². The molecule has 0 saturated carbocycles. The number of aromatic nitrogens is 1. The van der Waals surface area contributed by atoms with E-state index in [4.69, 9.17) is 5.26 Å². The van der Waals surface area contributed by atoms with E-state index in [1.807, 2.05) is 0 Å². The number of rotatable bonds is 3. The van der Waals surface area contributed by atoms with Gasteiger partial charge in [0.1, 0.15) is 11.8 Å². The molecule has 3 rings (SSSR count). The Hall–Kier alpha value is -2.79. The Morgan fingerprint density at radius 2 is 2.29 bits per heavy atom. The van der Waals surface area contributed by atoms with Crippen molar-refractivity contribution in [3.8, 4) is 11.8 Å². The number of hydrogen-bond acceptors (Lipinski definition) is 6. The zero-order valence-electron chi connectivity index (χ0n) is 12.6. The van der Waals surface area contributed by atoms with E-state index < -0.39 is 11.9 Å². The molecular weight excluding hydrogens is 328 g/mol. The number of carbonyl (C=O) groups is 2. The quantitative estimate of drug-likeness (QED) is 0.865. The lowest BCUT2D eigenvalue weighted by molar-refractivity contribution is -0.129. The van der Waals surface area contributed by atoms with Crippen LogP contribution in [0.5, 0.6) is 5.75 Å². The lowest BCUT2D eigenvalue weighted by Gasteiger charge is -2.18. The lowest BCUT2D eigenvalue weighted by Crippen LogP contribution is -2.42. The van der Waals surface area contributed by atoms with Crippen molar-refractivity contribution in [2.45, 2.75) is 6.04 Å². The van der Waals surface area contributed by atoms with Crippen molar-refractivity contribution in [3.63, 3.8) is 0 Å². The van der Waals surface area contributed by atoms with E-state index in [0.29, 0.717) is 28.1 Å². The average molecular weight is 342 g/mol. The Morgan fingerprint density at radius 1 is 1.46 bits per heavy atom. The van der Waals surface area contributed by atoms with Gasteiger partial charge in [0, 0.05) is 17.3 Å². The van der Waals surface area contributed by atoms with Crippen LogP contribution in [0.1, 0.15) is 10.4 Å². The second-order valence-electron chi connectivity index (χ2n) is 5.25. The second kappa shape index (κ2) is 6.76. The molecule has 1 saturated heterocycles. The standard InChI is InChI=1S/C16H14N4O3S/c17-6-10-8-24-9-20(10)15(22)7-19-16(23)12-3-4-18-14-2-1-11(21)5-13(12)14/h1-5,10,21H,7-9H2,(H,19,23). The summed E-state index contributed by atoms with van der Waals surface area (Å²) in [5, 5.41) is 21.7. The monoisotopic (exact) mass is 342 g/mol. The second-order valence-corrected chi connectivity index (χ2v) is 6.25. The highest BCUT2D eigenvalue weighted by Crippen LogP contribution is 2.22. The Labute approximate surface area is 142 Å². The van der Waals surface area contributed by atoms with Crippen LogP contribution in [0.3, 0.4) is 0 Å². The van der Waals surface area contributed by atoms with E-state index >= 15 is 0 Å². The maximum atomic E-state index is 12.4. The molecule has 7 nitrogen and oxygen atoms in total. The first-order valence-corrected chi connectivity index (χ1v) is 8.38. The molecule has 1 aromatic heterocycles. The first-order valence-electron chi connectivity index (χ1n) is 7.23. The van der Waals surface area contributed by atoms with Gasteiger partial charge in [-0.05, 0) is 24.3 Å². The summed E-state index contributed by atoms with van der Waals surface area (Å²) >= 11 is 1.51. The zero-order chi connectivity index (χ0) is 17.1. The van der Waals surface area contributed by atoms with Gasteiger partial charge in [-0.3, -0.25) is 14.6 Å². The molecular formula is C16H14N4O3S. The molecule has 8 heteroatoms. The molecule has 2 N–H and O–H groups in total. The summed E-state index contributed by atoms with van der Waals surface area (Å²) in [5.41, 5.74) is 0.906. The minimum atomic E-state index is -0.446. The van der Waals surface area contributed by atoms with Crippen LogP contribution in [0.4, 0.5) is 0 Å². The van der Waals surface area contributed by atoms with Crippen LogP contribution >= 0.6 is 11.8 Å². The van der Waals surface area contributed by atoms with Crippen molar-refractivity contribution in [1.29, 1.82) is 5.26 Å². The zero-order valence-corrected chi connectivity index (χ0v) is 13.4. The number of amides is 2. The van der Waals surface area contributed by atoms with Crippen molar-refractivity contribution in [3.05, 3.63) is 36.0 Å². The van der Waals surface area contributed by atoms with Crippen LogP contribution in [-0.4, -0.2) is 51.0 Å². The molecule has 1 aliphatic rings. The van der Waals surface area contributed by atoms with Gasteiger partial charge in [0.05, 0.1) is 29.6 Å². The van der Waals surface area contributed by atoms with Crippen molar-refractivity contribution in [1.82, 2.24) is 15.2 Å². The Kier molecular flexibility index (Phi) is 4.53. The first-order chi connectivity index (χ1) is 11.6. The van der Waals surface area contributed by atoms with Gasteiger partial charge in [-0.25, -0.2) is 0 Å². The molecule has 0 bridgehead atoms. The van der Waals surface area contributed by atoms with Gasteiger partial charge in [0.2, 0.25) is 5.91 Å². The minimum Gasteiger partial charge on any atom is -0.508 e. The van der Waals surface area contributed by atoms with Crippen LogP contribution < -0.4 is 5.32 Å². The number of benzene rings is 1. The van der Waals surface area contributed by atoms with E-state index in [0.717, 1.165) is 0 Å². The summed E-state index contributed by atoms with van der Waals surface area (Å²) in [6.45, 7) is -0.180. The number of nitrogens with zero attached hydrogens (tertiary/aromatic N) is 3. The number of phenols is 1. The molecule has 2 heterocycles. The average Bonchev–Trinajstić information content (AvgIpc) is 3.07. The summed E-state index contributed by atoms with van der Waals surface area (Å²) in [6, 6.07) is 7.74. The largest absolute Gasteiger partial charge is 0.508 e. The summed E-state index contributed by atoms with van der Waals surface area (Å²) in [5.74, 6) is 0.359. The van der Waals surface area contributed by atoms with Crippen molar-refractivity contribution >= 4 is 34.5 Å². The molecule has 24 heavy (non-hydrogen) atoms. The molecule has 0 aliphatic carbocycles. The highest BCUT2D eigenvalue weighted by atomic mass is 32.2. The molecule has 1 aromatic carbocycles. The fraction of sp³-hybridized carbons (Fsp3) is 0.250. The summed E-state index contributed by atoms with van der Waals surface area (Å²) in [7, 11) is 0. The highest BCUT2D eigenvalue weighted by Gasteiger charge is 2.29. The van der Waals surface area contributed by atoms with Crippen LogP contribution in [-0.2, 0) is 4.79 Å². The summed E-state index contributed by atoms with van der Waals surface area (Å²) < 4.78 is 0. The van der Waals surface area contributed by atoms with E-state index in [1.54, 1.807) is 6.07 Å². The normalized spacial score (nSPS) is 16.8. The number of hydrogen-bond donors (Lipinski definition) is 2. The number of nitriles is 1. The smallest absolute Gasteiger partial charge is 0.252 e. The number of pyridine rings is 1. The third-order valence-corrected chi connectivity index (χ3v) is 4.73. The third-order valence-electron chi connectivity index (χ3n) is 3.72. The summed E-state index contributed by atoms with van der Waals surface area (Å²) in [6.07, 6.45) is 1.50. The van der Waals surface area contributed by atoms with Gasteiger partial charge in [-0.1, -0.05) is 0 Å². The number of aromatic hydroxyl groups is 1. The lowest BCUT2D eigenvalue weighted by atomic mass is 10.1. The SMILES string of the molecule is N#CC1CSCN1C(=O)CNC(=O)c1ccnc2ccc(O)cc12. The van der Waals surface area contributed by atoms with E-state index in [9.17, 15) is 14.7 Å². The van der Waals surface area contributed by atoms with Crippen molar-refractivity contribution < 1.29 is 14.7 Å². The molecule has 1 unspecified atom stereocenters. The van der Waals surface area contributed by atoms with E-state index in [-0.39, 0.29) is 18.2 Å². The van der Waals surface area contributed by atoms with Gasteiger partial charge < -0.3 is 15.3 Å². The number of carbonyl (C=O) groups excluding carboxylic acids is 2. The molecule has 0 spiro atoms. The van der Waals surface area contributed by atoms with Gasteiger partial charge in [0.15, 0.2) is 0 Å². The van der Waals surface area contributed by atoms with Gasteiger partial charge in [0.25, 0.3) is 5.91 Å². The van der Waals surface area contributed by atoms with Gasteiger partial charge in [-0.2, -0.15) is 5.26 Å². The fourth-order valence-corrected chi connectivity index (χ4v) is 3.58. The Morgan fingerprint density at radius 3 is 3.08 bits per heavy atom. The number of phenolic OH excluding ortho intramolecular Hbond substituents is 1. The summed E-state index contributed by atoms with van der Waals surface area (Å²) in [4.78, 5) is 30.1. The Bertz CT molecular complexity index is 849. The first kappa shape index (κ1) is 16.1. The number of fused-ring (bicyclic) bond motifs is 1. The highest BCUT2D eigenvalue weighted by molar-refractivity contribution is 7.99. The van der Waals surface area contributed by atoms with Crippen LogP contribution in [0.15, 0.2) is 30.5 Å². The molecule has 122 valence electrons. The fourth-order valence-electron chi connectivity index (χ4n) is 2.48. The van der Waals surface area contributed by atoms with Gasteiger partial charge >= 0.3 is 0 Å². The molecule has 1 aliphatic heterocycles. The predicted molar refractivity (Wildman–Crippen MR) is 89.3 cm³/mol. The van der Waals surface area contributed by atoms with E-state index in [1.165, 1.54) is 41.1 Å². The third kappa shape index (κ3) is 3.12. The van der Waals surface area contributed by atoms with Crippen molar-refractivity contribution in [2.75, 3.05) is 18.2 Å².